The first kappa shape index (κ1) is 11.4. The van der Waals surface area contributed by atoms with Gasteiger partial charge in [-0.05, 0) is 19.1 Å². The molecule has 15 heavy (non-hydrogen) atoms. The molecule has 0 fully saturated rings. The molecular weight excluding hydrogens is 190 g/mol. The lowest BCUT2D eigenvalue weighted by molar-refractivity contribution is 0.0516. The van der Waals surface area contributed by atoms with Gasteiger partial charge in [-0.3, -0.25) is 4.99 Å². The van der Waals surface area contributed by atoms with Crippen LogP contribution >= 0.6 is 0 Å². The number of rotatable bonds is 5. The molecule has 1 aromatic carbocycles. The summed E-state index contributed by atoms with van der Waals surface area (Å²) < 4.78 is 5.04. The normalized spacial score (nSPS) is 10.5. The van der Waals surface area contributed by atoms with E-state index in [-0.39, 0.29) is 5.97 Å². The van der Waals surface area contributed by atoms with E-state index in [1.54, 1.807) is 18.3 Å². The van der Waals surface area contributed by atoms with E-state index in [1.807, 2.05) is 25.1 Å². The minimum absolute atomic E-state index is 0.277. The predicted molar refractivity (Wildman–Crippen MR) is 60.4 cm³/mol. The molecule has 0 bridgehead atoms. The lowest BCUT2D eigenvalue weighted by atomic mass is 10.2. The number of hydrogen-bond donors (Lipinski definition) is 0. The number of benzene rings is 1. The summed E-state index contributed by atoms with van der Waals surface area (Å²) in [6.07, 6.45) is 2.45. The van der Waals surface area contributed by atoms with Gasteiger partial charge in [0.15, 0.2) is 0 Å². The van der Waals surface area contributed by atoms with Gasteiger partial charge in [0.1, 0.15) is 0 Å². The van der Waals surface area contributed by atoms with Gasteiger partial charge in [0, 0.05) is 19.2 Å². The zero-order valence-electron chi connectivity index (χ0n) is 8.85. The van der Waals surface area contributed by atoms with Crippen LogP contribution in [0.2, 0.25) is 0 Å². The lowest BCUT2D eigenvalue weighted by Crippen LogP contribution is -2.06. The highest BCUT2D eigenvalue weighted by Crippen LogP contribution is 2.00. The largest absolute Gasteiger partial charge is 0.462 e. The van der Waals surface area contributed by atoms with Gasteiger partial charge in [-0.2, -0.15) is 0 Å². The third-order valence-electron chi connectivity index (χ3n) is 1.80. The van der Waals surface area contributed by atoms with E-state index in [9.17, 15) is 4.79 Å². The maximum Gasteiger partial charge on any atom is 0.338 e. The molecule has 0 aliphatic rings. The highest BCUT2D eigenvalue weighted by Gasteiger charge is 2.03. The van der Waals surface area contributed by atoms with E-state index in [4.69, 9.17) is 4.74 Å². The maximum absolute atomic E-state index is 11.4. The lowest BCUT2D eigenvalue weighted by Gasteiger charge is -2.01. The van der Waals surface area contributed by atoms with Crippen LogP contribution in [0.4, 0.5) is 0 Å². The van der Waals surface area contributed by atoms with Gasteiger partial charge in [-0.25, -0.2) is 4.79 Å². The van der Waals surface area contributed by atoms with Gasteiger partial charge >= 0.3 is 5.97 Å². The van der Waals surface area contributed by atoms with Gasteiger partial charge < -0.3 is 4.74 Å². The first-order valence-corrected chi connectivity index (χ1v) is 5.05. The zero-order valence-corrected chi connectivity index (χ0v) is 8.85. The van der Waals surface area contributed by atoms with Crippen LogP contribution in [0, 0.1) is 0 Å². The van der Waals surface area contributed by atoms with Crippen molar-refractivity contribution in [1.82, 2.24) is 0 Å². The highest BCUT2D eigenvalue weighted by atomic mass is 16.5. The molecule has 1 aromatic rings. The Bertz CT molecular complexity index is 320. The SMILES string of the molecule is CCN=CCCOC(=O)c1ccccc1. The molecule has 0 atom stereocenters. The molecule has 80 valence electrons. The molecule has 0 saturated carbocycles. The Kier molecular flexibility index (Phi) is 5.15. The van der Waals surface area contributed by atoms with Crippen molar-refractivity contribution in [1.29, 1.82) is 0 Å². The van der Waals surface area contributed by atoms with Crippen molar-refractivity contribution in [2.24, 2.45) is 4.99 Å². The summed E-state index contributed by atoms with van der Waals surface area (Å²) >= 11 is 0. The number of nitrogens with zero attached hydrogens (tertiary/aromatic N) is 1. The van der Waals surface area contributed by atoms with Gasteiger partial charge in [0.05, 0.1) is 12.2 Å². The fraction of sp³-hybridized carbons (Fsp3) is 0.333. The quantitative estimate of drug-likeness (QED) is 0.420. The molecule has 0 saturated heterocycles. The molecule has 3 heteroatoms. The van der Waals surface area contributed by atoms with Crippen molar-refractivity contribution in [2.45, 2.75) is 13.3 Å². The third kappa shape index (κ3) is 4.40. The fourth-order valence-electron chi connectivity index (χ4n) is 1.08. The van der Waals surface area contributed by atoms with Crippen LogP contribution in [0.3, 0.4) is 0 Å². The van der Waals surface area contributed by atoms with Crippen molar-refractivity contribution in [3.05, 3.63) is 35.9 Å². The Morgan fingerprint density at radius 3 is 2.80 bits per heavy atom. The van der Waals surface area contributed by atoms with Gasteiger partial charge in [0.25, 0.3) is 0 Å². The summed E-state index contributed by atoms with van der Waals surface area (Å²) in [5.41, 5.74) is 0.588. The number of hydrogen-bond acceptors (Lipinski definition) is 3. The average Bonchev–Trinajstić information content (AvgIpc) is 2.30. The van der Waals surface area contributed by atoms with Crippen LogP contribution in [-0.2, 0) is 4.74 Å². The first-order chi connectivity index (χ1) is 7.34. The number of aliphatic imine (C=N–C) groups is 1. The van der Waals surface area contributed by atoms with E-state index in [1.165, 1.54) is 0 Å². The number of esters is 1. The predicted octanol–water partition coefficient (Wildman–Crippen LogP) is 2.32. The number of carbonyl (C=O) groups excluding carboxylic acids is 1. The summed E-state index contributed by atoms with van der Waals surface area (Å²) in [6.45, 7) is 3.12. The Labute approximate surface area is 89.8 Å². The molecule has 0 spiro atoms. The molecule has 0 N–H and O–H groups in total. The maximum atomic E-state index is 11.4. The second-order valence-corrected chi connectivity index (χ2v) is 2.97. The van der Waals surface area contributed by atoms with E-state index >= 15 is 0 Å². The summed E-state index contributed by atoms with van der Waals surface area (Å²) in [6, 6.07) is 8.97. The van der Waals surface area contributed by atoms with E-state index in [0.717, 1.165) is 6.54 Å². The van der Waals surface area contributed by atoms with Crippen LogP contribution in [0.25, 0.3) is 0 Å². The molecule has 0 amide bonds. The zero-order chi connectivity index (χ0) is 10.9. The molecule has 0 unspecified atom stereocenters. The van der Waals surface area contributed by atoms with Crippen LogP contribution in [-0.4, -0.2) is 25.3 Å². The minimum atomic E-state index is -0.277. The molecule has 0 heterocycles. The van der Waals surface area contributed by atoms with E-state index in [0.29, 0.717) is 18.6 Å². The van der Waals surface area contributed by atoms with Crippen molar-refractivity contribution < 1.29 is 9.53 Å². The van der Waals surface area contributed by atoms with Gasteiger partial charge in [0.2, 0.25) is 0 Å². The summed E-state index contributed by atoms with van der Waals surface area (Å²) in [5.74, 6) is -0.277. The summed E-state index contributed by atoms with van der Waals surface area (Å²) in [7, 11) is 0. The Balaban J connectivity index is 2.28. The van der Waals surface area contributed by atoms with Crippen LogP contribution < -0.4 is 0 Å². The summed E-state index contributed by atoms with van der Waals surface area (Å²) in [5, 5.41) is 0. The topological polar surface area (TPSA) is 38.7 Å². The fourth-order valence-corrected chi connectivity index (χ4v) is 1.08. The minimum Gasteiger partial charge on any atom is -0.462 e. The molecule has 0 radical (unpaired) electrons. The monoisotopic (exact) mass is 205 g/mol. The third-order valence-corrected chi connectivity index (χ3v) is 1.80. The molecule has 3 nitrogen and oxygen atoms in total. The molecule has 1 rings (SSSR count). The van der Waals surface area contributed by atoms with Crippen LogP contribution in [0.1, 0.15) is 23.7 Å². The standard InChI is InChI=1S/C12H15NO2/c1-2-13-9-6-10-15-12(14)11-7-4-3-5-8-11/h3-5,7-9H,2,6,10H2,1H3. The first-order valence-electron chi connectivity index (χ1n) is 5.05. The van der Waals surface area contributed by atoms with Gasteiger partial charge in [-0.15, -0.1) is 0 Å². The smallest absolute Gasteiger partial charge is 0.338 e. The van der Waals surface area contributed by atoms with Crippen molar-refractivity contribution in [2.75, 3.05) is 13.2 Å². The van der Waals surface area contributed by atoms with Crippen molar-refractivity contribution >= 4 is 12.2 Å². The van der Waals surface area contributed by atoms with Crippen LogP contribution in [0.15, 0.2) is 35.3 Å². The summed E-state index contributed by atoms with van der Waals surface area (Å²) in [4.78, 5) is 15.4. The Morgan fingerprint density at radius 2 is 2.13 bits per heavy atom. The highest BCUT2D eigenvalue weighted by molar-refractivity contribution is 5.89. The van der Waals surface area contributed by atoms with Crippen LogP contribution in [0.5, 0.6) is 0 Å². The molecule has 0 aliphatic heterocycles. The molecule has 0 aliphatic carbocycles. The van der Waals surface area contributed by atoms with Gasteiger partial charge in [-0.1, -0.05) is 18.2 Å². The second-order valence-electron chi connectivity index (χ2n) is 2.97. The van der Waals surface area contributed by atoms with Crippen molar-refractivity contribution in [3.63, 3.8) is 0 Å². The second kappa shape index (κ2) is 6.76. The van der Waals surface area contributed by atoms with E-state index < -0.39 is 0 Å². The Hall–Kier alpha value is -1.64. The van der Waals surface area contributed by atoms with Crippen molar-refractivity contribution in [3.8, 4) is 0 Å². The Morgan fingerprint density at radius 1 is 1.40 bits per heavy atom. The number of ether oxygens (including phenoxy) is 1. The molecular formula is C12H15NO2. The number of carbonyl (C=O) groups is 1. The average molecular weight is 205 g/mol. The van der Waals surface area contributed by atoms with E-state index in [2.05, 4.69) is 4.99 Å². The molecule has 0 aromatic heterocycles.